The van der Waals surface area contributed by atoms with Crippen LogP contribution in [0.5, 0.6) is 0 Å². The van der Waals surface area contributed by atoms with Crippen molar-refractivity contribution in [3.05, 3.63) is 29.8 Å². The van der Waals surface area contributed by atoms with E-state index in [4.69, 9.17) is 5.73 Å². The van der Waals surface area contributed by atoms with Gasteiger partial charge in [-0.15, -0.1) is 11.3 Å². The molecule has 122 valence electrons. The number of hydrogen-bond acceptors (Lipinski definition) is 4. The Bertz CT molecular complexity index is 769. The van der Waals surface area contributed by atoms with Gasteiger partial charge >= 0.3 is 6.18 Å². The number of thiophene rings is 1. The number of benzene rings is 1. The van der Waals surface area contributed by atoms with E-state index in [-0.39, 0.29) is 10.8 Å². The van der Waals surface area contributed by atoms with Crippen LogP contribution in [0.2, 0.25) is 0 Å². The normalized spacial score (nSPS) is 14.4. The summed E-state index contributed by atoms with van der Waals surface area (Å²) in [5.74, 6) is 0. The minimum absolute atomic E-state index is 0.0809. The number of nitrogens with one attached hydrogen (secondary N) is 1. The Labute approximate surface area is 130 Å². The molecule has 1 aromatic heterocycles. The quantitative estimate of drug-likeness (QED) is 0.869. The van der Waals surface area contributed by atoms with Gasteiger partial charge in [0.1, 0.15) is 10.3 Å². The SMILES string of the molecule is Cc1cccc2cc(S(=O)(=O)NCCC(N)C(F)(F)F)sc12. The third kappa shape index (κ3) is 3.78. The van der Waals surface area contributed by atoms with Crippen LogP contribution in [0.4, 0.5) is 13.2 Å². The smallest absolute Gasteiger partial charge is 0.320 e. The summed E-state index contributed by atoms with van der Waals surface area (Å²) >= 11 is 1.09. The van der Waals surface area contributed by atoms with E-state index in [9.17, 15) is 21.6 Å². The maximum atomic E-state index is 12.3. The van der Waals surface area contributed by atoms with Gasteiger partial charge in [-0.1, -0.05) is 18.2 Å². The van der Waals surface area contributed by atoms with Gasteiger partial charge in [0.25, 0.3) is 0 Å². The molecule has 2 aromatic rings. The highest BCUT2D eigenvalue weighted by atomic mass is 32.2. The largest absolute Gasteiger partial charge is 0.403 e. The van der Waals surface area contributed by atoms with Crippen molar-refractivity contribution < 1.29 is 21.6 Å². The molecule has 0 fully saturated rings. The number of alkyl halides is 3. The molecule has 3 N–H and O–H groups in total. The average molecular weight is 352 g/mol. The summed E-state index contributed by atoms with van der Waals surface area (Å²) in [6.07, 6.45) is -5.03. The van der Waals surface area contributed by atoms with E-state index in [1.165, 1.54) is 6.07 Å². The van der Waals surface area contributed by atoms with Crippen molar-refractivity contribution in [2.45, 2.75) is 29.8 Å². The van der Waals surface area contributed by atoms with Crippen LogP contribution in [0.3, 0.4) is 0 Å². The molecule has 22 heavy (non-hydrogen) atoms. The van der Waals surface area contributed by atoms with E-state index >= 15 is 0 Å². The Morgan fingerprint density at radius 1 is 1.36 bits per heavy atom. The number of halogens is 3. The Hall–Kier alpha value is -1.16. The fraction of sp³-hybridized carbons (Fsp3) is 0.385. The fourth-order valence-corrected chi connectivity index (χ4v) is 4.44. The third-order valence-corrected chi connectivity index (χ3v) is 6.37. The highest BCUT2D eigenvalue weighted by Gasteiger charge is 2.36. The second-order valence-electron chi connectivity index (χ2n) is 4.89. The van der Waals surface area contributed by atoms with Crippen LogP contribution in [0.25, 0.3) is 10.1 Å². The monoisotopic (exact) mass is 352 g/mol. The van der Waals surface area contributed by atoms with Crippen molar-refractivity contribution in [3.63, 3.8) is 0 Å². The van der Waals surface area contributed by atoms with Crippen LogP contribution in [-0.2, 0) is 10.0 Å². The maximum Gasteiger partial charge on any atom is 0.403 e. The standard InChI is InChI=1S/C13H15F3N2O2S2/c1-8-3-2-4-9-7-11(21-12(8)9)22(19,20)18-6-5-10(17)13(14,15)16/h2-4,7,10,18H,5-6,17H2,1H3. The Balaban J connectivity index is 2.11. The van der Waals surface area contributed by atoms with E-state index < -0.39 is 28.7 Å². The van der Waals surface area contributed by atoms with Crippen LogP contribution in [0.15, 0.2) is 28.5 Å². The highest BCUT2D eigenvalue weighted by molar-refractivity contribution is 7.91. The second kappa shape index (κ2) is 6.15. The predicted molar refractivity (Wildman–Crippen MR) is 80.4 cm³/mol. The molecule has 1 heterocycles. The molecule has 0 spiro atoms. The van der Waals surface area contributed by atoms with Gasteiger partial charge in [-0.3, -0.25) is 0 Å². The van der Waals surface area contributed by atoms with Gasteiger partial charge in [-0.05, 0) is 30.4 Å². The highest BCUT2D eigenvalue weighted by Crippen LogP contribution is 2.31. The number of hydrogen-bond donors (Lipinski definition) is 2. The van der Waals surface area contributed by atoms with Gasteiger partial charge < -0.3 is 5.73 Å². The first-order chi connectivity index (χ1) is 10.1. The summed E-state index contributed by atoms with van der Waals surface area (Å²) in [5.41, 5.74) is 5.89. The zero-order chi connectivity index (χ0) is 16.5. The number of sulfonamides is 1. The summed E-state index contributed by atoms with van der Waals surface area (Å²) < 4.78 is 64.2. The van der Waals surface area contributed by atoms with Crippen LogP contribution in [0, 0.1) is 6.92 Å². The molecule has 9 heteroatoms. The minimum atomic E-state index is -4.53. The van der Waals surface area contributed by atoms with E-state index in [0.29, 0.717) is 0 Å². The Kier molecular flexibility index (Phi) is 4.81. The molecular weight excluding hydrogens is 337 g/mol. The van der Waals surface area contributed by atoms with Crippen molar-refractivity contribution >= 4 is 31.4 Å². The number of fused-ring (bicyclic) bond motifs is 1. The zero-order valence-corrected chi connectivity index (χ0v) is 13.3. The number of aryl methyl sites for hydroxylation is 1. The van der Waals surface area contributed by atoms with Crippen LogP contribution >= 0.6 is 11.3 Å². The lowest BCUT2D eigenvalue weighted by atomic mass is 10.2. The predicted octanol–water partition coefficient (Wildman–Crippen LogP) is 2.77. The molecule has 0 aliphatic carbocycles. The maximum absolute atomic E-state index is 12.3. The lowest BCUT2D eigenvalue weighted by Crippen LogP contribution is -2.40. The van der Waals surface area contributed by atoms with E-state index in [0.717, 1.165) is 27.0 Å². The molecule has 2 rings (SSSR count). The van der Waals surface area contributed by atoms with Crippen LogP contribution in [0.1, 0.15) is 12.0 Å². The average Bonchev–Trinajstić information content (AvgIpc) is 2.83. The minimum Gasteiger partial charge on any atom is -0.320 e. The Morgan fingerprint density at radius 2 is 2.05 bits per heavy atom. The van der Waals surface area contributed by atoms with Gasteiger partial charge in [-0.25, -0.2) is 13.1 Å². The lowest BCUT2D eigenvalue weighted by molar-refractivity contribution is -0.148. The first-order valence-electron chi connectivity index (χ1n) is 6.42. The summed E-state index contributed by atoms with van der Waals surface area (Å²) in [7, 11) is -3.83. The first kappa shape index (κ1) is 17.2. The van der Waals surface area contributed by atoms with E-state index in [1.807, 2.05) is 19.1 Å². The zero-order valence-electron chi connectivity index (χ0n) is 11.6. The lowest BCUT2D eigenvalue weighted by Gasteiger charge is -2.15. The molecule has 0 aliphatic heterocycles. The molecule has 0 radical (unpaired) electrons. The van der Waals surface area contributed by atoms with Crippen LogP contribution in [-0.4, -0.2) is 27.2 Å². The van der Waals surface area contributed by atoms with Gasteiger partial charge in [0.05, 0.1) is 0 Å². The van der Waals surface area contributed by atoms with Crippen molar-refractivity contribution in [2.24, 2.45) is 5.73 Å². The molecule has 1 atom stereocenters. The van der Waals surface area contributed by atoms with Crippen molar-refractivity contribution in [2.75, 3.05) is 6.54 Å². The molecule has 0 bridgehead atoms. The van der Waals surface area contributed by atoms with E-state index in [1.54, 1.807) is 6.07 Å². The first-order valence-corrected chi connectivity index (χ1v) is 8.72. The molecule has 0 saturated carbocycles. The van der Waals surface area contributed by atoms with Gasteiger partial charge in [0, 0.05) is 11.2 Å². The molecule has 0 amide bonds. The molecule has 0 aliphatic rings. The molecule has 4 nitrogen and oxygen atoms in total. The summed E-state index contributed by atoms with van der Waals surface area (Å²) in [6.45, 7) is 1.50. The number of nitrogens with two attached hydrogens (primary N) is 1. The molecule has 1 aromatic carbocycles. The summed E-state index contributed by atoms with van der Waals surface area (Å²) in [5, 5.41) is 0.789. The van der Waals surface area contributed by atoms with Gasteiger partial charge in [-0.2, -0.15) is 13.2 Å². The van der Waals surface area contributed by atoms with Crippen molar-refractivity contribution in [1.29, 1.82) is 0 Å². The van der Waals surface area contributed by atoms with E-state index in [2.05, 4.69) is 4.72 Å². The topological polar surface area (TPSA) is 72.2 Å². The van der Waals surface area contributed by atoms with Crippen molar-refractivity contribution in [1.82, 2.24) is 4.72 Å². The second-order valence-corrected chi connectivity index (χ2v) is 7.94. The summed E-state index contributed by atoms with van der Waals surface area (Å²) in [6, 6.07) is 4.94. The van der Waals surface area contributed by atoms with Crippen LogP contribution < -0.4 is 10.5 Å². The number of rotatable bonds is 5. The van der Waals surface area contributed by atoms with Crippen molar-refractivity contribution in [3.8, 4) is 0 Å². The Morgan fingerprint density at radius 3 is 2.64 bits per heavy atom. The summed E-state index contributed by atoms with van der Waals surface area (Å²) in [4.78, 5) is 0. The van der Waals surface area contributed by atoms with Gasteiger partial charge in [0.15, 0.2) is 0 Å². The third-order valence-electron chi connectivity index (χ3n) is 3.15. The molecular formula is C13H15F3N2O2S2. The molecule has 0 saturated heterocycles. The van der Waals surface area contributed by atoms with Gasteiger partial charge in [0.2, 0.25) is 10.0 Å². The fourth-order valence-electron chi connectivity index (χ4n) is 1.90. The molecule has 1 unspecified atom stereocenters.